The Bertz CT molecular complexity index is 1170. The maximum Gasteiger partial charge on any atom is 0.435 e. The highest BCUT2D eigenvalue weighted by Crippen LogP contribution is 2.59. The van der Waals surface area contributed by atoms with Crippen LogP contribution >= 0.6 is 0 Å². The first-order chi connectivity index (χ1) is 27.4. The fourth-order valence-corrected chi connectivity index (χ4v) is 4.32. The van der Waals surface area contributed by atoms with Crippen molar-refractivity contribution < 1.29 is 152 Å². The van der Waals surface area contributed by atoms with Crippen molar-refractivity contribution in [3.63, 3.8) is 0 Å². The maximum atomic E-state index is 13.6. The number of hydrogen-bond acceptors (Lipinski definition) is 8. The molecule has 0 atom stereocenters. The summed E-state index contributed by atoms with van der Waals surface area (Å²) in [6.45, 7) is -19.7. The molecule has 0 aliphatic rings. The first-order valence-electron chi connectivity index (χ1n) is 15.3. The van der Waals surface area contributed by atoms with Gasteiger partial charge in [-0.15, -0.1) is 0 Å². The maximum absolute atomic E-state index is 13.6. The Morgan fingerprint density at radius 3 is 0.726 bits per heavy atom. The molecular formula is C25H24F27N3O7. The average molecular weight is 991 g/mol. The van der Waals surface area contributed by atoms with Gasteiger partial charge in [0.1, 0.15) is 0 Å². The third-order valence-corrected chi connectivity index (χ3v) is 7.30. The van der Waals surface area contributed by atoms with Crippen LogP contribution in [0.15, 0.2) is 5.11 Å². The number of alkyl halides is 27. The van der Waals surface area contributed by atoms with E-state index in [2.05, 4.69) is 33.7 Å². The number of hydrogen-bond donors (Lipinski definition) is 0. The molecule has 0 heterocycles. The molecule has 0 N–H and O–H groups in total. The van der Waals surface area contributed by atoms with Crippen LogP contribution < -0.4 is 0 Å². The third kappa shape index (κ3) is 13.4. The molecule has 0 aromatic heterocycles. The van der Waals surface area contributed by atoms with Gasteiger partial charge in [0.2, 0.25) is 0 Å². The lowest BCUT2D eigenvalue weighted by Gasteiger charge is -2.45. The molecular weight excluding hydrogens is 967 g/mol. The predicted octanol–water partition coefficient (Wildman–Crippen LogP) is 9.68. The lowest BCUT2D eigenvalue weighted by molar-refractivity contribution is -0.474. The van der Waals surface area contributed by atoms with Crippen LogP contribution in [0.5, 0.6) is 0 Å². The van der Waals surface area contributed by atoms with Gasteiger partial charge < -0.3 is 33.2 Å². The third-order valence-electron chi connectivity index (χ3n) is 7.30. The SMILES string of the molecule is [N-]=[N+]=NCCOCCOCCOCCOCC(COC(C(F)(F)F)(C(F)(F)F)C(F)(F)F)(COC(C(F)(F)F)(C(F)(F)F)C(F)(F)F)COC(C(F)(F)F)(C(F)(F)F)C(F)(F)F. The van der Waals surface area contributed by atoms with E-state index < -0.39 is 131 Å². The molecule has 37 heteroatoms. The van der Waals surface area contributed by atoms with Gasteiger partial charge in [0.05, 0.1) is 78.1 Å². The monoisotopic (exact) mass is 991 g/mol. The number of halogens is 27. The number of rotatable bonds is 23. The molecule has 0 aromatic rings. The van der Waals surface area contributed by atoms with Crippen LogP contribution in [0.2, 0.25) is 0 Å². The van der Waals surface area contributed by atoms with E-state index in [0.717, 1.165) is 0 Å². The fourth-order valence-electron chi connectivity index (χ4n) is 4.32. The Kier molecular flexibility index (Phi) is 19.6. The first kappa shape index (κ1) is 59.1. The van der Waals surface area contributed by atoms with Crippen LogP contribution in [0.1, 0.15) is 0 Å². The van der Waals surface area contributed by atoms with Crippen molar-refractivity contribution in [2.24, 2.45) is 10.5 Å². The minimum Gasteiger partial charge on any atom is -0.379 e. The molecule has 62 heavy (non-hydrogen) atoms. The van der Waals surface area contributed by atoms with Crippen molar-refractivity contribution in [1.29, 1.82) is 0 Å². The number of azide groups is 1. The van der Waals surface area contributed by atoms with Crippen molar-refractivity contribution in [1.82, 2.24) is 0 Å². The second-order valence-electron chi connectivity index (χ2n) is 11.7. The number of nitrogens with zero attached hydrogens (tertiary/aromatic N) is 3. The van der Waals surface area contributed by atoms with Gasteiger partial charge in [0, 0.05) is 11.5 Å². The van der Waals surface area contributed by atoms with Gasteiger partial charge in [-0.25, -0.2) is 0 Å². The van der Waals surface area contributed by atoms with Crippen LogP contribution in [0, 0.1) is 5.41 Å². The van der Waals surface area contributed by atoms with E-state index in [0.29, 0.717) is 0 Å². The highest BCUT2D eigenvalue weighted by atomic mass is 19.5. The molecule has 0 aliphatic carbocycles. The van der Waals surface area contributed by atoms with Crippen molar-refractivity contribution in [3.05, 3.63) is 10.4 Å². The lowest BCUT2D eigenvalue weighted by Crippen LogP contribution is -2.71. The molecule has 0 aromatic carbocycles. The molecule has 0 bridgehead atoms. The fraction of sp³-hybridized carbons (Fsp3) is 1.00. The van der Waals surface area contributed by atoms with Gasteiger partial charge in [0.25, 0.3) is 0 Å². The Balaban J connectivity index is 7.64. The van der Waals surface area contributed by atoms with Crippen molar-refractivity contribution >= 4 is 0 Å². The minimum absolute atomic E-state index is 0.124. The van der Waals surface area contributed by atoms with Gasteiger partial charge in [0.15, 0.2) is 0 Å². The van der Waals surface area contributed by atoms with E-state index in [4.69, 9.17) is 15.0 Å². The Morgan fingerprint density at radius 1 is 0.306 bits per heavy atom. The van der Waals surface area contributed by atoms with E-state index in [1.165, 1.54) is 0 Å². The summed E-state index contributed by atoms with van der Waals surface area (Å²) in [7, 11) is 0. The summed E-state index contributed by atoms with van der Waals surface area (Å²) >= 11 is 0. The second-order valence-corrected chi connectivity index (χ2v) is 11.7. The van der Waals surface area contributed by atoms with E-state index in [1.807, 2.05) is 0 Å². The minimum atomic E-state index is -8.06. The molecule has 0 saturated heterocycles. The summed E-state index contributed by atoms with van der Waals surface area (Å²) in [6, 6.07) is 0. The van der Waals surface area contributed by atoms with E-state index in [-0.39, 0.29) is 26.4 Å². The predicted molar refractivity (Wildman–Crippen MR) is 140 cm³/mol. The Hall–Kier alpha value is -2.86. The van der Waals surface area contributed by atoms with Crippen LogP contribution in [0.25, 0.3) is 10.4 Å². The van der Waals surface area contributed by atoms with E-state index >= 15 is 0 Å². The molecule has 0 saturated carbocycles. The molecule has 0 radical (unpaired) electrons. The molecule has 10 nitrogen and oxygen atoms in total. The summed E-state index contributed by atoms with van der Waals surface area (Å²) in [6.07, 6.45) is -72.6. The summed E-state index contributed by atoms with van der Waals surface area (Å²) in [5.74, 6) is 0. The molecule has 0 unspecified atom stereocenters. The molecule has 370 valence electrons. The Morgan fingerprint density at radius 2 is 0.516 bits per heavy atom. The van der Waals surface area contributed by atoms with Crippen LogP contribution in [0.3, 0.4) is 0 Å². The first-order valence-corrected chi connectivity index (χ1v) is 15.3. The van der Waals surface area contributed by atoms with Crippen molar-refractivity contribution in [2.75, 3.05) is 79.2 Å². The zero-order valence-corrected chi connectivity index (χ0v) is 29.4. The average Bonchev–Trinajstić information content (AvgIpc) is 2.99. The van der Waals surface area contributed by atoms with Crippen LogP contribution in [-0.4, -0.2) is 152 Å². The molecule has 0 amide bonds. The van der Waals surface area contributed by atoms with E-state index in [1.54, 1.807) is 0 Å². The normalized spacial score (nSPS) is 15.3. The quantitative estimate of drug-likeness (QED) is 0.0330. The highest BCUT2D eigenvalue weighted by molar-refractivity contribution is 5.07. The van der Waals surface area contributed by atoms with E-state index in [9.17, 15) is 119 Å². The summed E-state index contributed by atoms with van der Waals surface area (Å²) in [5.41, 5.74) is -20.9. The van der Waals surface area contributed by atoms with Crippen LogP contribution in [-0.2, 0) is 33.2 Å². The lowest BCUT2D eigenvalue weighted by atomic mass is 9.89. The van der Waals surface area contributed by atoms with Gasteiger partial charge >= 0.3 is 72.4 Å². The zero-order chi connectivity index (χ0) is 49.3. The van der Waals surface area contributed by atoms with Gasteiger partial charge in [-0.05, 0) is 5.53 Å². The highest BCUT2D eigenvalue weighted by Gasteiger charge is 2.88. The van der Waals surface area contributed by atoms with Crippen LogP contribution in [0.4, 0.5) is 119 Å². The van der Waals surface area contributed by atoms with Crippen molar-refractivity contribution in [3.8, 4) is 0 Å². The molecule has 0 rings (SSSR count). The largest absolute Gasteiger partial charge is 0.435 e. The zero-order valence-electron chi connectivity index (χ0n) is 29.4. The topological polar surface area (TPSA) is 113 Å². The van der Waals surface area contributed by atoms with Crippen molar-refractivity contribution in [2.45, 2.75) is 72.4 Å². The molecule has 0 spiro atoms. The smallest absolute Gasteiger partial charge is 0.379 e. The summed E-state index contributed by atoms with van der Waals surface area (Å²) in [4.78, 5) is 2.37. The summed E-state index contributed by atoms with van der Waals surface area (Å²) < 4.78 is 394. The second kappa shape index (κ2) is 20.5. The van der Waals surface area contributed by atoms with Gasteiger partial charge in [-0.2, -0.15) is 119 Å². The summed E-state index contributed by atoms with van der Waals surface area (Å²) in [5, 5.41) is 3.08. The molecule has 0 aliphatic heterocycles. The number of ether oxygens (including phenoxy) is 7. The van der Waals surface area contributed by atoms with Gasteiger partial charge in [-0.3, -0.25) is 0 Å². The Labute approximate surface area is 325 Å². The molecule has 0 fully saturated rings. The van der Waals surface area contributed by atoms with Gasteiger partial charge in [-0.1, -0.05) is 5.11 Å². The standard InChI is InChI=1S/C25H24F27N3O7/c26-17(27,28)14(18(29,30)31,19(32,33)34)60-10-13(11-61-15(20(35,36)37,21(38,39)40)22(41,42)43,12-62-16(23(44,45)46,24(47,48)49)25(50,51)52)9-59-8-7-58-6-5-57-4-3-56-2-1-54-55-53/h1-12H2.